The van der Waals surface area contributed by atoms with Crippen LogP contribution in [0.25, 0.3) is 11.0 Å². The van der Waals surface area contributed by atoms with Gasteiger partial charge in [-0.05, 0) is 19.2 Å². The number of fused-ring (bicyclic) bond motifs is 1. The van der Waals surface area contributed by atoms with Gasteiger partial charge in [-0.15, -0.1) is 5.10 Å². The fourth-order valence-electron chi connectivity index (χ4n) is 2.30. The standard InChI is InChI=1S/C13H16N6/c1-14-11(13-7-16-17-18(13)2)8-19-9-15-10-5-3-4-6-12(10)19/h3-7,9,11,14H,8H2,1-2H3. The summed E-state index contributed by atoms with van der Waals surface area (Å²) in [7, 11) is 3.84. The molecule has 0 saturated heterocycles. The fourth-order valence-corrected chi connectivity index (χ4v) is 2.30. The van der Waals surface area contributed by atoms with Crippen LogP contribution in [0.1, 0.15) is 11.7 Å². The SMILES string of the molecule is CNC(Cn1cnc2ccccc21)c1cnnn1C. The Morgan fingerprint density at radius 3 is 2.89 bits per heavy atom. The van der Waals surface area contributed by atoms with E-state index in [1.165, 1.54) is 0 Å². The molecule has 2 heterocycles. The molecule has 0 aliphatic carbocycles. The second kappa shape index (κ2) is 4.81. The van der Waals surface area contributed by atoms with Crippen molar-refractivity contribution in [2.45, 2.75) is 12.6 Å². The molecule has 0 amide bonds. The zero-order chi connectivity index (χ0) is 13.2. The molecule has 0 aliphatic heterocycles. The van der Waals surface area contributed by atoms with Gasteiger partial charge in [0.1, 0.15) is 0 Å². The van der Waals surface area contributed by atoms with Gasteiger partial charge in [0.05, 0.1) is 35.3 Å². The van der Waals surface area contributed by atoms with Crippen molar-refractivity contribution in [3.8, 4) is 0 Å². The lowest BCUT2D eigenvalue weighted by Gasteiger charge is -2.16. The van der Waals surface area contributed by atoms with E-state index in [0.717, 1.165) is 23.3 Å². The molecule has 6 nitrogen and oxygen atoms in total. The van der Waals surface area contributed by atoms with E-state index in [0.29, 0.717) is 0 Å². The van der Waals surface area contributed by atoms with Gasteiger partial charge in [0, 0.05) is 13.6 Å². The molecule has 3 aromatic rings. The van der Waals surface area contributed by atoms with Crippen molar-refractivity contribution in [3.05, 3.63) is 42.5 Å². The van der Waals surface area contributed by atoms with Gasteiger partial charge in [-0.2, -0.15) is 0 Å². The van der Waals surface area contributed by atoms with Crippen LogP contribution in [0, 0.1) is 0 Å². The second-order valence-corrected chi connectivity index (χ2v) is 4.51. The van der Waals surface area contributed by atoms with Crippen LogP contribution in [0.3, 0.4) is 0 Å². The molecule has 0 bridgehead atoms. The topological polar surface area (TPSA) is 60.6 Å². The largest absolute Gasteiger partial charge is 0.329 e. The second-order valence-electron chi connectivity index (χ2n) is 4.51. The van der Waals surface area contributed by atoms with Gasteiger partial charge in [-0.25, -0.2) is 4.98 Å². The lowest BCUT2D eigenvalue weighted by atomic mass is 10.2. The fraction of sp³-hybridized carbons (Fsp3) is 0.308. The molecule has 0 radical (unpaired) electrons. The summed E-state index contributed by atoms with van der Waals surface area (Å²) in [5.41, 5.74) is 3.21. The Bertz CT molecular complexity index is 683. The highest BCUT2D eigenvalue weighted by Crippen LogP contribution is 2.17. The highest BCUT2D eigenvalue weighted by Gasteiger charge is 2.15. The van der Waals surface area contributed by atoms with Gasteiger partial charge < -0.3 is 9.88 Å². The minimum absolute atomic E-state index is 0.151. The molecule has 3 rings (SSSR count). The van der Waals surface area contributed by atoms with E-state index in [2.05, 4.69) is 31.2 Å². The van der Waals surface area contributed by atoms with Crippen molar-refractivity contribution in [3.63, 3.8) is 0 Å². The average Bonchev–Trinajstić information content (AvgIpc) is 3.03. The van der Waals surface area contributed by atoms with Crippen molar-refractivity contribution in [2.75, 3.05) is 7.05 Å². The molecule has 2 aromatic heterocycles. The smallest absolute Gasteiger partial charge is 0.0958 e. The van der Waals surface area contributed by atoms with Gasteiger partial charge in [-0.3, -0.25) is 4.68 Å². The molecule has 98 valence electrons. The van der Waals surface area contributed by atoms with Crippen LogP contribution in [0.5, 0.6) is 0 Å². The first-order chi connectivity index (χ1) is 9.29. The van der Waals surface area contributed by atoms with E-state index in [1.807, 2.05) is 38.6 Å². The van der Waals surface area contributed by atoms with E-state index in [9.17, 15) is 0 Å². The number of benzene rings is 1. The first-order valence-electron chi connectivity index (χ1n) is 6.21. The highest BCUT2D eigenvalue weighted by molar-refractivity contribution is 5.74. The summed E-state index contributed by atoms with van der Waals surface area (Å²) in [4.78, 5) is 4.41. The zero-order valence-corrected chi connectivity index (χ0v) is 11.0. The molecule has 1 N–H and O–H groups in total. The lowest BCUT2D eigenvalue weighted by molar-refractivity contribution is 0.474. The van der Waals surface area contributed by atoms with Crippen LogP contribution >= 0.6 is 0 Å². The molecule has 0 aliphatic rings. The Balaban J connectivity index is 1.93. The van der Waals surface area contributed by atoms with Crippen LogP contribution in [-0.2, 0) is 13.6 Å². The number of para-hydroxylation sites is 2. The molecule has 19 heavy (non-hydrogen) atoms. The monoisotopic (exact) mass is 256 g/mol. The summed E-state index contributed by atoms with van der Waals surface area (Å²) >= 11 is 0. The van der Waals surface area contributed by atoms with Crippen LogP contribution in [0.15, 0.2) is 36.8 Å². The molecule has 0 spiro atoms. The Labute approximate surface area is 111 Å². The van der Waals surface area contributed by atoms with Crippen molar-refractivity contribution in [2.24, 2.45) is 7.05 Å². The van der Waals surface area contributed by atoms with E-state index in [4.69, 9.17) is 0 Å². The van der Waals surface area contributed by atoms with Crippen LogP contribution in [0.4, 0.5) is 0 Å². The minimum Gasteiger partial charge on any atom is -0.329 e. The number of rotatable bonds is 4. The third-order valence-corrected chi connectivity index (χ3v) is 3.36. The Morgan fingerprint density at radius 2 is 2.16 bits per heavy atom. The number of aryl methyl sites for hydroxylation is 1. The molecular weight excluding hydrogens is 240 g/mol. The lowest BCUT2D eigenvalue weighted by Crippen LogP contribution is -2.24. The Kier molecular flexibility index (Phi) is 3.00. The predicted octanol–water partition coefficient (Wildman–Crippen LogP) is 1.13. The molecule has 0 fully saturated rings. The summed E-state index contributed by atoms with van der Waals surface area (Å²) < 4.78 is 3.93. The summed E-state index contributed by atoms with van der Waals surface area (Å²) in [6.07, 6.45) is 3.67. The van der Waals surface area contributed by atoms with Crippen molar-refractivity contribution in [1.29, 1.82) is 0 Å². The molecule has 1 aromatic carbocycles. The van der Waals surface area contributed by atoms with Crippen molar-refractivity contribution in [1.82, 2.24) is 29.9 Å². The number of imidazole rings is 1. The number of aromatic nitrogens is 5. The number of hydrogen-bond donors (Lipinski definition) is 1. The Hall–Kier alpha value is -2.21. The summed E-state index contributed by atoms with van der Waals surface area (Å²) in [5.74, 6) is 0. The Morgan fingerprint density at radius 1 is 1.32 bits per heavy atom. The third kappa shape index (κ3) is 2.10. The zero-order valence-electron chi connectivity index (χ0n) is 11.0. The molecular formula is C13H16N6. The van der Waals surface area contributed by atoms with E-state index >= 15 is 0 Å². The van der Waals surface area contributed by atoms with Gasteiger partial charge in [0.25, 0.3) is 0 Å². The van der Waals surface area contributed by atoms with Gasteiger partial charge >= 0.3 is 0 Å². The maximum Gasteiger partial charge on any atom is 0.0958 e. The summed E-state index contributed by atoms with van der Waals surface area (Å²) in [6.45, 7) is 0.790. The maximum absolute atomic E-state index is 4.41. The third-order valence-electron chi connectivity index (χ3n) is 3.36. The van der Waals surface area contributed by atoms with Crippen LogP contribution in [-0.4, -0.2) is 31.6 Å². The first kappa shape index (κ1) is 11.9. The van der Waals surface area contributed by atoms with Gasteiger partial charge in [-0.1, -0.05) is 17.3 Å². The molecule has 1 atom stereocenters. The average molecular weight is 256 g/mol. The minimum atomic E-state index is 0.151. The van der Waals surface area contributed by atoms with Crippen molar-refractivity contribution < 1.29 is 0 Å². The van der Waals surface area contributed by atoms with Crippen LogP contribution < -0.4 is 5.32 Å². The number of likely N-dealkylation sites (N-methyl/N-ethyl adjacent to an activating group) is 1. The van der Waals surface area contributed by atoms with E-state index < -0.39 is 0 Å². The molecule has 1 unspecified atom stereocenters. The molecule has 0 saturated carbocycles. The van der Waals surface area contributed by atoms with Crippen LogP contribution in [0.2, 0.25) is 0 Å². The van der Waals surface area contributed by atoms with E-state index in [1.54, 1.807) is 10.9 Å². The first-order valence-corrected chi connectivity index (χ1v) is 6.21. The van der Waals surface area contributed by atoms with E-state index in [-0.39, 0.29) is 6.04 Å². The number of nitrogens with zero attached hydrogens (tertiary/aromatic N) is 5. The summed E-state index contributed by atoms with van der Waals surface area (Å²) in [5, 5.41) is 11.2. The quantitative estimate of drug-likeness (QED) is 0.760. The van der Waals surface area contributed by atoms with Gasteiger partial charge in [0.2, 0.25) is 0 Å². The van der Waals surface area contributed by atoms with Gasteiger partial charge in [0.15, 0.2) is 0 Å². The normalized spacial score (nSPS) is 12.9. The maximum atomic E-state index is 4.41. The number of nitrogens with one attached hydrogen (secondary N) is 1. The number of hydrogen-bond acceptors (Lipinski definition) is 4. The predicted molar refractivity (Wildman–Crippen MR) is 72.5 cm³/mol. The molecule has 6 heteroatoms. The summed E-state index contributed by atoms with van der Waals surface area (Å²) in [6, 6.07) is 8.28. The van der Waals surface area contributed by atoms with Crippen molar-refractivity contribution >= 4 is 11.0 Å². The highest BCUT2D eigenvalue weighted by atomic mass is 15.4.